The summed E-state index contributed by atoms with van der Waals surface area (Å²) in [6.45, 7) is 3.96. The van der Waals surface area contributed by atoms with Gasteiger partial charge >= 0.3 is 0 Å². The lowest BCUT2D eigenvalue weighted by molar-refractivity contribution is 0.147. The highest BCUT2D eigenvalue weighted by Gasteiger charge is 2.35. The van der Waals surface area contributed by atoms with Crippen molar-refractivity contribution in [3.8, 4) is 0 Å². The van der Waals surface area contributed by atoms with Gasteiger partial charge in [-0.25, -0.2) is 0 Å². The third-order valence-corrected chi connectivity index (χ3v) is 5.17. The van der Waals surface area contributed by atoms with Crippen LogP contribution in [-0.2, 0) is 5.41 Å². The Hall–Kier alpha value is -0.820. The number of hydrogen-bond donors (Lipinski definition) is 0. The van der Waals surface area contributed by atoms with Crippen molar-refractivity contribution in [2.45, 2.75) is 56.8 Å². The van der Waals surface area contributed by atoms with Crippen molar-refractivity contribution < 1.29 is 0 Å². The van der Waals surface area contributed by atoms with E-state index in [9.17, 15) is 0 Å². The smallest absolute Gasteiger partial charge is 0.00803 e. The molecule has 19 heavy (non-hydrogen) atoms. The Kier molecular flexibility index (Phi) is 4.22. The van der Waals surface area contributed by atoms with Crippen molar-refractivity contribution >= 4 is 0 Å². The molecule has 1 saturated heterocycles. The van der Waals surface area contributed by atoms with Crippen LogP contribution in [-0.4, -0.2) is 24.5 Å². The van der Waals surface area contributed by atoms with E-state index in [1.165, 1.54) is 71.0 Å². The number of hydrogen-bond acceptors (Lipinski definition) is 1. The van der Waals surface area contributed by atoms with Gasteiger partial charge in [0.2, 0.25) is 0 Å². The van der Waals surface area contributed by atoms with E-state index in [-0.39, 0.29) is 0 Å². The second-order valence-corrected chi connectivity index (χ2v) is 6.54. The molecule has 1 nitrogen and oxygen atoms in total. The summed E-state index contributed by atoms with van der Waals surface area (Å²) in [5, 5.41) is 0. The van der Waals surface area contributed by atoms with E-state index in [4.69, 9.17) is 0 Å². The van der Waals surface area contributed by atoms with Crippen molar-refractivity contribution in [3.05, 3.63) is 35.9 Å². The molecule has 1 saturated carbocycles. The second-order valence-electron chi connectivity index (χ2n) is 6.54. The molecule has 1 heteroatoms. The maximum atomic E-state index is 2.74. The van der Waals surface area contributed by atoms with Crippen LogP contribution in [0.25, 0.3) is 0 Å². The topological polar surface area (TPSA) is 3.24 Å². The summed E-state index contributed by atoms with van der Waals surface area (Å²) in [6.07, 6.45) is 11.3. The van der Waals surface area contributed by atoms with Crippen molar-refractivity contribution in [1.29, 1.82) is 0 Å². The lowest BCUT2D eigenvalue weighted by Crippen LogP contribution is -2.44. The highest BCUT2D eigenvalue weighted by molar-refractivity contribution is 5.26. The Morgan fingerprint density at radius 3 is 2.11 bits per heavy atom. The molecule has 104 valence electrons. The summed E-state index contributed by atoms with van der Waals surface area (Å²) < 4.78 is 0. The van der Waals surface area contributed by atoms with Gasteiger partial charge in [-0.1, -0.05) is 56.0 Å². The summed E-state index contributed by atoms with van der Waals surface area (Å²) >= 11 is 0. The third-order valence-electron chi connectivity index (χ3n) is 5.17. The van der Waals surface area contributed by atoms with Gasteiger partial charge in [0.1, 0.15) is 0 Å². The number of nitrogens with zero attached hydrogens (tertiary/aromatic N) is 1. The zero-order valence-electron chi connectivity index (χ0n) is 12.1. The molecule has 2 aliphatic rings. The first-order valence-corrected chi connectivity index (χ1v) is 8.17. The molecule has 0 atom stereocenters. The van der Waals surface area contributed by atoms with E-state index in [0.717, 1.165) is 0 Å². The molecule has 1 aliphatic heterocycles. The number of piperidine rings is 1. The summed E-state index contributed by atoms with van der Waals surface area (Å²) in [7, 11) is 0. The van der Waals surface area contributed by atoms with Gasteiger partial charge < -0.3 is 4.90 Å². The monoisotopic (exact) mass is 257 g/mol. The normalized spacial score (nSPS) is 24.2. The molecule has 1 aromatic carbocycles. The number of likely N-dealkylation sites (tertiary alicyclic amines) is 1. The van der Waals surface area contributed by atoms with Crippen molar-refractivity contribution in [3.63, 3.8) is 0 Å². The Labute approximate surface area is 118 Å². The number of rotatable bonds is 3. The third kappa shape index (κ3) is 3.02. The summed E-state index contributed by atoms with van der Waals surface area (Å²) in [4.78, 5) is 2.74. The van der Waals surface area contributed by atoms with Gasteiger partial charge in [0, 0.05) is 12.0 Å². The van der Waals surface area contributed by atoms with E-state index in [0.29, 0.717) is 5.41 Å². The molecule has 2 fully saturated rings. The Morgan fingerprint density at radius 2 is 1.42 bits per heavy atom. The Morgan fingerprint density at radius 1 is 0.789 bits per heavy atom. The first-order chi connectivity index (χ1) is 9.39. The van der Waals surface area contributed by atoms with Crippen molar-refractivity contribution in [2.75, 3.05) is 19.6 Å². The quantitative estimate of drug-likeness (QED) is 0.777. The van der Waals surface area contributed by atoms with Gasteiger partial charge in [0.05, 0.1) is 0 Å². The van der Waals surface area contributed by atoms with Crippen LogP contribution in [0.5, 0.6) is 0 Å². The van der Waals surface area contributed by atoms with Crippen LogP contribution in [0.2, 0.25) is 0 Å². The minimum Gasteiger partial charge on any atom is -0.302 e. The van der Waals surface area contributed by atoms with E-state index < -0.39 is 0 Å². The maximum absolute atomic E-state index is 2.74. The molecule has 0 N–H and O–H groups in total. The van der Waals surface area contributed by atoms with Crippen LogP contribution in [0, 0.1) is 0 Å². The fraction of sp³-hybridized carbons (Fsp3) is 0.667. The predicted molar refractivity (Wildman–Crippen MR) is 81.5 cm³/mol. The van der Waals surface area contributed by atoms with Gasteiger partial charge in [-0.3, -0.25) is 0 Å². The summed E-state index contributed by atoms with van der Waals surface area (Å²) in [5.74, 6) is 0. The van der Waals surface area contributed by atoms with E-state index in [1.807, 2.05) is 0 Å². The standard InChI is InChI=1S/C18H27N/c1-4-10-17(11-5-1)18(12-6-2-7-13-18)16-19-14-8-3-9-15-19/h1,4-5,10-11H,2-3,6-9,12-16H2. The molecule has 0 bridgehead atoms. The fourth-order valence-electron chi connectivity index (χ4n) is 4.10. The largest absolute Gasteiger partial charge is 0.302 e. The molecule has 1 heterocycles. The maximum Gasteiger partial charge on any atom is 0.00803 e. The molecule has 1 aliphatic carbocycles. The van der Waals surface area contributed by atoms with Crippen LogP contribution in [0.15, 0.2) is 30.3 Å². The van der Waals surface area contributed by atoms with Crippen LogP contribution >= 0.6 is 0 Å². The molecular weight excluding hydrogens is 230 g/mol. The SMILES string of the molecule is c1ccc(C2(CN3CCCCC3)CCCCC2)cc1. The van der Waals surface area contributed by atoms with Gasteiger partial charge in [-0.05, 0) is 44.3 Å². The van der Waals surface area contributed by atoms with E-state index in [2.05, 4.69) is 35.2 Å². The summed E-state index contributed by atoms with van der Waals surface area (Å²) in [6, 6.07) is 11.3. The minimum absolute atomic E-state index is 0.455. The molecular formula is C18H27N. The molecule has 0 unspecified atom stereocenters. The minimum atomic E-state index is 0.455. The highest BCUT2D eigenvalue weighted by Crippen LogP contribution is 2.40. The molecule has 0 aromatic heterocycles. The molecule has 0 spiro atoms. The van der Waals surface area contributed by atoms with Crippen LogP contribution in [0.3, 0.4) is 0 Å². The first-order valence-electron chi connectivity index (χ1n) is 8.17. The zero-order valence-corrected chi connectivity index (χ0v) is 12.1. The predicted octanol–water partition coefficient (Wildman–Crippen LogP) is 4.37. The molecule has 0 radical (unpaired) electrons. The van der Waals surface area contributed by atoms with Crippen molar-refractivity contribution in [2.24, 2.45) is 0 Å². The summed E-state index contributed by atoms with van der Waals surface area (Å²) in [5.41, 5.74) is 2.05. The molecule has 3 rings (SSSR count). The molecule has 1 aromatic rings. The second kappa shape index (κ2) is 6.09. The van der Waals surface area contributed by atoms with Crippen LogP contribution in [0.1, 0.15) is 56.9 Å². The molecule has 0 amide bonds. The lowest BCUT2D eigenvalue weighted by atomic mass is 9.69. The van der Waals surface area contributed by atoms with Gasteiger partial charge in [-0.2, -0.15) is 0 Å². The van der Waals surface area contributed by atoms with Gasteiger partial charge in [-0.15, -0.1) is 0 Å². The Balaban J connectivity index is 1.79. The van der Waals surface area contributed by atoms with Crippen LogP contribution < -0.4 is 0 Å². The average Bonchev–Trinajstić information content (AvgIpc) is 2.50. The zero-order chi connectivity index (χ0) is 13.0. The number of benzene rings is 1. The highest BCUT2D eigenvalue weighted by atomic mass is 15.1. The fourth-order valence-corrected chi connectivity index (χ4v) is 4.10. The first kappa shape index (κ1) is 13.2. The van der Waals surface area contributed by atoms with Crippen LogP contribution in [0.4, 0.5) is 0 Å². The van der Waals surface area contributed by atoms with Gasteiger partial charge in [0.25, 0.3) is 0 Å². The lowest BCUT2D eigenvalue weighted by Gasteiger charge is -2.43. The van der Waals surface area contributed by atoms with E-state index in [1.54, 1.807) is 5.56 Å². The van der Waals surface area contributed by atoms with E-state index >= 15 is 0 Å². The average molecular weight is 257 g/mol. The Bertz CT molecular complexity index is 372. The van der Waals surface area contributed by atoms with Crippen molar-refractivity contribution in [1.82, 2.24) is 4.90 Å². The van der Waals surface area contributed by atoms with Gasteiger partial charge in [0.15, 0.2) is 0 Å².